The number of benzene rings is 2. The van der Waals surface area contributed by atoms with E-state index in [2.05, 4.69) is 6.92 Å². The average Bonchev–Trinajstić information content (AvgIpc) is 2.92. The van der Waals surface area contributed by atoms with Crippen molar-refractivity contribution < 1.29 is 42.1 Å². The van der Waals surface area contributed by atoms with Gasteiger partial charge in [0.25, 0.3) is 0 Å². The Morgan fingerprint density at radius 1 is 0.837 bits per heavy atom. The van der Waals surface area contributed by atoms with E-state index in [1.54, 1.807) is 30.0 Å². The van der Waals surface area contributed by atoms with Gasteiger partial charge in [-0.05, 0) is 73.9 Å². The maximum atomic E-state index is 13.2. The van der Waals surface area contributed by atoms with Gasteiger partial charge in [-0.1, -0.05) is 70.1 Å². The number of alkyl halides is 5. The quantitative estimate of drug-likeness (QED) is 0.127. The Labute approximate surface area is 255 Å². The minimum absolute atomic E-state index is 0.137. The normalized spacial score (nSPS) is 20.4. The maximum Gasteiger partial charge on any atom is 0.453 e. The number of thioether (sulfide) groups is 1. The van der Waals surface area contributed by atoms with Gasteiger partial charge in [0.1, 0.15) is 11.5 Å². The summed E-state index contributed by atoms with van der Waals surface area (Å²) in [5.74, 6) is -4.38. The lowest BCUT2D eigenvalue weighted by atomic mass is 9.68. The number of phenols is 2. The fraction of sp³-hybridized carbons (Fsp3) is 0.606. The van der Waals surface area contributed by atoms with Crippen LogP contribution in [-0.4, -0.2) is 39.1 Å². The maximum absolute atomic E-state index is 13.2. The second kappa shape index (κ2) is 14.5. The van der Waals surface area contributed by atoms with Gasteiger partial charge in [-0.2, -0.15) is 22.0 Å². The fourth-order valence-corrected chi connectivity index (χ4v) is 7.54. The zero-order valence-corrected chi connectivity index (χ0v) is 25.7. The minimum atomic E-state index is -5.62. The number of carboxylic acids is 1. The number of fused-ring (bicyclic) bond motifs is 1. The molecule has 1 heterocycles. The molecular formula is C33H43F5O4S. The standard InChI is InChI=1S/C33H43F5O4S/c1-30(29(41)42,19-10-20-32(34,35)33(36,37)38)18-9-7-5-3-4-6-8-11-27-26-17-16-25(40)21-28(26)43-22-31(27,2)23-12-14-24(39)15-13-23/h12-17,21,27,39-40H,3-11,18-20,22H2,1-2H3,(H,41,42). The molecule has 0 saturated heterocycles. The van der Waals surface area contributed by atoms with Crippen molar-refractivity contribution in [3.8, 4) is 11.5 Å². The molecule has 240 valence electrons. The van der Waals surface area contributed by atoms with Crippen LogP contribution in [-0.2, 0) is 10.2 Å². The molecule has 0 fully saturated rings. The van der Waals surface area contributed by atoms with Crippen LogP contribution in [0.5, 0.6) is 11.5 Å². The third kappa shape index (κ3) is 9.02. The lowest BCUT2D eigenvalue weighted by molar-refractivity contribution is -0.284. The van der Waals surface area contributed by atoms with Crippen molar-refractivity contribution in [3.05, 3.63) is 53.6 Å². The summed E-state index contributed by atoms with van der Waals surface area (Å²) < 4.78 is 63.7. The summed E-state index contributed by atoms with van der Waals surface area (Å²) in [4.78, 5) is 12.9. The van der Waals surface area contributed by atoms with E-state index < -0.39 is 36.3 Å². The molecule has 0 radical (unpaired) electrons. The summed E-state index contributed by atoms with van der Waals surface area (Å²) in [6.45, 7) is 3.69. The number of phenolic OH excluding ortho intramolecular Hbond substituents is 2. The summed E-state index contributed by atoms with van der Waals surface area (Å²) in [6, 6.07) is 13.0. The highest BCUT2D eigenvalue weighted by atomic mass is 32.2. The lowest BCUT2D eigenvalue weighted by Crippen LogP contribution is -2.37. The Bertz CT molecular complexity index is 1200. The van der Waals surface area contributed by atoms with Crippen LogP contribution in [0.15, 0.2) is 47.4 Å². The number of carboxylic acid groups (broad SMARTS) is 1. The second-order valence-corrected chi connectivity index (χ2v) is 13.5. The molecule has 3 atom stereocenters. The Morgan fingerprint density at radius 2 is 1.40 bits per heavy atom. The highest BCUT2D eigenvalue weighted by Gasteiger charge is 2.56. The zero-order chi connectivity index (χ0) is 31.9. The van der Waals surface area contributed by atoms with Crippen molar-refractivity contribution in [2.45, 2.75) is 119 Å². The summed E-state index contributed by atoms with van der Waals surface area (Å²) in [7, 11) is 0. The molecule has 1 aliphatic rings. The predicted octanol–water partition coefficient (Wildman–Crippen LogP) is 10.2. The predicted molar refractivity (Wildman–Crippen MR) is 159 cm³/mol. The van der Waals surface area contributed by atoms with Gasteiger partial charge >= 0.3 is 18.1 Å². The molecule has 0 amide bonds. The summed E-state index contributed by atoms with van der Waals surface area (Å²) in [6.07, 6.45) is -0.254. The fourth-order valence-electron chi connectivity index (χ4n) is 6.14. The topological polar surface area (TPSA) is 77.8 Å². The summed E-state index contributed by atoms with van der Waals surface area (Å²) in [5.41, 5.74) is 0.941. The van der Waals surface area contributed by atoms with Crippen molar-refractivity contribution >= 4 is 17.7 Å². The van der Waals surface area contributed by atoms with Gasteiger partial charge < -0.3 is 15.3 Å². The third-order valence-corrected chi connectivity index (χ3v) is 10.5. The Balaban J connectivity index is 1.44. The van der Waals surface area contributed by atoms with E-state index in [4.69, 9.17) is 0 Å². The molecule has 2 aromatic carbocycles. The number of aliphatic carboxylic acids is 1. The van der Waals surface area contributed by atoms with Crippen molar-refractivity contribution in [3.63, 3.8) is 0 Å². The number of unbranched alkanes of at least 4 members (excludes halogenated alkanes) is 6. The number of hydrogen-bond acceptors (Lipinski definition) is 4. The molecular weight excluding hydrogens is 587 g/mol. The van der Waals surface area contributed by atoms with E-state index in [-0.39, 0.29) is 35.7 Å². The molecule has 4 nitrogen and oxygen atoms in total. The van der Waals surface area contributed by atoms with Gasteiger partial charge in [0, 0.05) is 22.5 Å². The molecule has 2 aromatic rings. The molecule has 3 N–H and O–H groups in total. The first kappa shape index (κ1) is 35.0. The lowest BCUT2D eigenvalue weighted by Gasteiger charge is -2.43. The molecule has 0 saturated carbocycles. The van der Waals surface area contributed by atoms with Gasteiger partial charge in [-0.15, -0.1) is 11.8 Å². The molecule has 0 aromatic heterocycles. The number of carbonyl (C=O) groups is 1. The van der Waals surface area contributed by atoms with Crippen LogP contribution >= 0.6 is 11.8 Å². The van der Waals surface area contributed by atoms with Crippen LogP contribution in [0.3, 0.4) is 0 Å². The molecule has 10 heteroatoms. The van der Waals surface area contributed by atoms with Crippen molar-refractivity contribution in [2.24, 2.45) is 5.41 Å². The first-order chi connectivity index (χ1) is 20.1. The van der Waals surface area contributed by atoms with E-state index in [9.17, 15) is 42.1 Å². The summed E-state index contributed by atoms with van der Waals surface area (Å²) >= 11 is 1.74. The Morgan fingerprint density at radius 3 is 2.00 bits per heavy atom. The molecule has 1 aliphatic heterocycles. The molecule has 3 unspecified atom stereocenters. The Kier molecular flexibility index (Phi) is 11.8. The van der Waals surface area contributed by atoms with Gasteiger partial charge in [0.15, 0.2) is 0 Å². The van der Waals surface area contributed by atoms with Gasteiger partial charge in [-0.3, -0.25) is 4.79 Å². The molecule has 43 heavy (non-hydrogen) atoms. The van der Waals surface area contributed by atoms with Crippen LogP contribution in [0.1, 0.15) is 108 Å². The average molecular weight is 631 g/mol. The van der Waals surface area contributed by atoms with Gasteiger partial charge in [0.2, 0.25) is 0 Å². The number of rotatable bonds is 16. The summed E-state index contributed by atoms with van der Waals surface area (Å²) in [5, 5.41) is 29.4. The first-order valence-electron chi connectivity index (χ1n) is 15.0. The van der Waals surface area contributed by atoms with E-state index >= 15 is 0 Å². The monoisotopic (exact) mass is 630 g/mol. The largest absolute Gasteiger partial charge is 0.508 e. The van der Waals surface area contributed by atoms with Crippen molar-refractivity contribution in [1.82, 2.24) is 0 Å². The van der Waals surface area contributed by atoms with Gasteiger partial charge in [-0.25, -0.2) is 0 Å². The van der Waals surface area contributed by atoms with Gasteiger partial charge in [0.05, 0.1) is 5.41 Å². The van der Waals surface area contributed by atoms with E-state index in [0.717, 1.165) is 55.6 Å². The first-order valence-corrected chi connectivity index (χ1v) is 16.0. The SMILES string of the molecule is CC(CCCCCCCCCC1c2ccc(O)cc2SCC1(C)c1ccc(O)cc1)(CCCC(F)(F)C(F)(F)F)C(=O)O. The second-order valence-electron chi connectivity index (χ2n) is 12.5. The number of halogens is 5. The zero-order valence-electron chi connectivity index (χ0n) is 24.9. The third-order valence-electron chi connectivity index (χ3n) is 9.07. The van der Waals surface area contributed by atoms with Crippen molar-refractivity contribution in [2.75, 3.05) is 5.75 Å². The highest BCUT2D eigenvalue weighted by molar-refractivity contribution is 7.99. The highest BCUT2D eigenvalue weighted by Crippen LogP contribution is 2.52. The van der Waals surface area contributed by atoms with Crippen LogP contribution < -0.4 is 0 Å². The molecule has 0 bridgehead atoms. The van der Waals surface area contributed by atoms with E-state index in [0.29, 0.717) is 6.42 Å². The van der Waals surface area contributed by atoms with E-state index in [1.165, 1.54) is 18.1 Å². The molecule has 3 rings (SSSR count). The van der Waals surface area contributed by atoms with Crippen LogP contribution in [0, 0.1) is 5.41 Å². The smallest absolute Gasteiger partial charge is 0.453 e. The van der Waals surface area contributed by atoms with Crippen LogP contribution in [0.25, 0.3) is 0 Å². The van der Waals surface area contributed by atoms with Crippen molar-refractivity contribution in [1.29, 1.82) is 0 Å². The van der Waals surface area contributed by atoms with Crippen LogP contribution in [0.2, 0.25) is 0 Å². The minimum Gasteiger partial charge on any atom is -0.508 e. The molecule has 0 aliphatic carbocycles. The molecule has 0 spiro atoms. The van der Waals surface area contributed by atoms with Crippen LogP contribution in [0.4, 0.5) is 22.0 Å². The number of aromatic hydroxyl groups is 2. The van der Waals surface area contributed by atoms with E-state index in [1.807, 2.05) is 24.3 Å². The number of hydrogen-bond donors (Lipinski definition) is 3. The Hall–Kier alpha value is -2.49.